The van der Waals surface area contributed by atoms with Gasteiger partial charge in [-0.2, -0.15) is 0 Å². The van der Waals surface area contributed by atoms with E-state index in [2.05, 4.69) is 48.5 Å². The molecule has 33 heavy (non-hydrogen) atoms. The van der Waals surface area contributed by atoms with Crippen molar-refractivity contribution in [2.24, 2.45) is 0 Å². The third kappa shape index (κ3) is 3.85. The van der Waals surface area contributed by atoms with Gasteiger partial charge in [-0.25, -0.2) is 0 Å². The van der Waals surface area contributed by atoms with Gasteiger partial charge in [0, 0.05) is 0 Å². The molecule has 4 rings (SSSR count). The van der Waals surface area contributed by atoms with E-state index in [0.717, 1.165) is 21.5 Å². The molecule has 4 heteroatoms. The molecule has 0 aliphatic heterocycles. The van der Waals surface area contributed by atoms with Gasteiger partial charge in [-0.1, -0.05) is 0 Å². The van der Waals surface area contributed by atoms with Crippen LogP contribution >= 0.6 is 29.0 Å². The van der Waals surface area contributed by atoms with Crippen LogP contribution in [0.3, 0.4) is 0 Å². The molecule has 4 aromatic rings. The van der Waals surface area contributed by atoms with E-state index in [-0.39, 0.29) is 5.12 Å². The van der Waals surface area contributed by atoms with Gasteiger partial charge in [0.1, 0.15) is 0 Å². The Balaban J connectivity index is 1.97. The van der Waals surface area contributed by atoms with Gasteiger partial charge in [0.2, 0.25) is 0 Å². The van der Waals surface area contributed by atoms with Crippen LogP contribution in [-0.2, 0) is 10.5 Å². The molecule has 0 atom stereocenters. The van der Waals surface area contributed by atoms with Crippen molar-refractivity contribution in [1.82, 2.24) is 0 Å². The molecule has 4 aromatic carbocycles. The van der Waals surface area contributed by atoms with Gasteiger partial charge in [0.15, 0.2) is 0 Å². The second-order valence-electron chi connectivity index (χ2n) is 8.64. The third-order valence-electron chi connectivity index (χ3n) is 6.49. The second kappa shape index (κ2) is 9.47. The fourth-order valence-electron chi connectivity index (χ4n) is 4.61. The van der Waals surface area contributed by atoms with Crippen LogP contribution in [0.5, 0.6) is 0 Å². The van der Waals surface area contributed by atoms with Crippen molar-refractivity contribution >= 4 is 50.0 Å². The Morgan fingerprint density at radius 3 is 1.36 bits per heavy atom. The average Bonchev–Trinajstić information content (AvgIpc) is 2.89. The molecular formula is C29H28ClOPS. The molecule has 0 aliphatic rings. The first kappa shape index (κ1) is 23.8. The van der Waals surface area contributed by atoms with Gasteiger partial charge >= 0.3 is 206 Å². The first-order valence-electron chi connectivity index (χ1n) is 11.0. The molecule has 0 aromatic heterocycles. The Bertz CT molecular complexity index is 1110. The predicted molar refractivity (Wildman–Crippen MR) is 148 cm³/mol. The SMILES string of the molecule is CC(C)(C(=O)SCc1ccccc1)P(Cl)(c1ccccc1)(c1ccccc1)c1ccccc1. The first-order valence-corrected chi connectivity index (χ1v) is 15.1. The number of hydrogen-bond donors (Lipinski definition) is 0. The zero-order chi connectivity index (χ0) is 23.4. The van der Waals surface area contributed by atoms with Crippen LogP contribution in [-0.4, -0.2) is 10.3 Å². The van der Waals surface area contributed by atoms with Gasteiger partial charge in [0.25, 0.3) is 0 Å². The number of rotatable bonds is 7. The number of carbonyl (C=O) groups is 1. The summed E-state index contributed by atoms with van der Waals surface area (Å²) in [6.45, 7) is 4.07. The summed E-state index contributed by atoms with van der Waals surface area (Å²) < 4.78 is 0. The quantitative estimate of drug-likeness (QED) is 0.262. The van der Waals surface area contributed by atoms with Crippen molar-refractivity contribution in [3.63, 3.8) is 0 Å². The van der Waals surface area contributed by atoms with Gasteiger partial charge in [-0.15, -0.1) is 0 Å². The third-order valence-corrected chi connectivity index (χ3v) is 17.0. The molecule has 0 amide bonds. The monoisotopic (exact) mass is 490 g/mol. The maximum atomic E-state index is 14.1. The minimum absolute atomic E-state index is 0.0931. The van der Waals surface area contributed by atoms with Gasteiger partial charge in [-0.05, 0) is 0 Å². The molecule has 168 valence electrons. The zero-order valence-corrected chi connectivity index (χ0v) is 21.4. The Hall–Kier alpha value is -2.38. The summed E-state index contributed by atoms with van der Waals surface area (Å²) in [7, 11) is 0. The molecule has 0 aliphatic carbocycles. The molecule has 0 spiro atoms. The van der Waals surface area contributed by atoms with Crippen molar-refractivity contribution in [3.05, 3.63) is 127 Å². The molecule has 0 saturated heterocycles. The fourth-order valence-corrected chi connectivity index (χ4v) is 13.0. The van der Waals surface area contributed by atoms with Crippen LogP contribution in [0.1, 0.15) is 19.4 Å². The molecule has 1 nitrogen and oxygen atoms in total. The molecule has 0 N–H and O–H groups in total. The van der Waals surface area contributed by atoms with E-state index in [9.17, 15) is 4.79 Å². The molecule has 0 fully saturated rings. The van der Waals surface area contributed by atoms with Crippen LogP contribution in [0.25, 0.3) is 0 Å². The molecule has 0 unspecified atom stereocenters. The summed E-state index contributed by atoms with van der Waals surface area (Å²) in [4.78, 5) is 14.1. The maximum absolute atomic E-state index is 14.1. The van der Waals surface area contributed by atoms with Gasteiger partial charge in [0.05, 0.1) is 0 Å². The van der Waals surface area contributed by atoms with E-state index in [4.69, 9.17) is 11.2 Å². The molecule has 0 radical (unpaired) electrons. The van der Waals surface area contributed by atoms with Crippen LogP contribution in [0.15, 0.2) is 121 Å². The van der Waals surface area contributed by atoms with E-state index >= 15 is 0 Å². The van der Waals surface area contributed by atoms with E-state index in [0.29, 0.717) is 5.75 Å². The summed E-state index contributed by atoms with van der Waals surface area (Å²) in [5, 5.41) is 2.22. The Morgan fingerprint density at radius 1 is 0.667 bits per heavy atom. The standard InChI is InChI=1S/C29H28ClOPS/c1-29(2,28(31)33-23-24-15-7-3-8-16-24)32(30,25-17-9-4-10-18-25,26-19-11-5-12-20-26)27-21-13-6-14-22-27/h3-22H,23H2,1-2H3. The van der Waals surface area contributed by atoms with Crippen molar-refractivity contribution in [2.75, 3.05) is 0 Å². The van der Waals surface area contributed by atoms with Gasteiger partial charge in [-0.3, -0.25) is 0 Å². The van der Waals surface area contributed by atoms with Crippen molar-refractivity contribution in [3.8, 4) is 0 Å². The van der Waals surface area contributed by atoms with Crippen LogP contribution < -0.4 is 15.9 Å². The van der Waals surface area contributed by atoms with Crippen molar-refractivity contribution in [1.29, 1.82) is 0 Å². The normalized spacial score (nSPS) is 13.1. The Kier molecular flexibility index (Phi) is 6.82. The number of thioether (sulfide) groups is 1. The second-order valence-corrected chi connectivity index (χ2v) is 16.3. The number of carbonyl (C=O) groups excluding carboxylic acids is 1. The topological polar surface area (TPSA) is 17.1 Å². The first-order chi connectivity index (χ1) is 15.9. The zero-order valence-electron chi connectivity index (χ0n) is 18.9. The van der Waals surface area contributed by atoms with E-state index in [1.165, 1.54) is 11.8 Å². The molecule has 0 heterocycles. The Labute approximate surface area is 205 Å². The molecule has 0 bridgehead atoms. The molecular weight excluding hydrogens is 463 g/mol. The van der Waals surface area contributed by atoms with Crippen LogP contribution in [0, 0.1) is 0 Å². The summed E-state index contributed by atoms with van der Waals surface area (Å²) in [5.74, 6) is -3.16. The summed E-state index contributed by atoms with van der Waals surface area (Å²) >= 11 is 9.59. The van der Waals surface area contributed by atoms with Crippen molar-refractivity contribution in [2.45, 2.75) is 24.8 Å². The summed E-state index contributed by atoms with van der Waals surface area (Å²) in [6.07, 6.45) is 0. The van der Waals surface area contributed by atoms with Gasteiger partial charge < -0.3 is 0 Å². The predicted octanol–water partition coefficient (Wildman–Crippen LogP) is 6.91. The number of halogens is 1. The van der Waals surface area contributed by atoms with E-state index in [1.54, 1.807) is 0 Å². The van der Waals surface area contributed by atoms with Crippen molar-refractivity contribution < 1.29 is 4.79 Å². The fraction of sp³-hybridized carbons (Fsp3) is 0.138. The Morgan fingerprint density at radius 2 is 1.00 bits per heavy atom. The summed E-state index contributed by atoms with van der Waals surface area (Å²) in [5.41, 5.74) is 1.13. The van der Waals surface area contributed by atoms with Crippen LogP contribution in [0.2, 0.25) is 0 Å². The minimum atomic E-state index is -3.78. The summed E-state index contributed by atoms with van der Waals surface area (Å²) in [6, 6.07) is 40.7. The van der Waals surface area contributed by atoms with E-state index < -0.39 is 11.1 Å². The number of hydrogen-bond acceptors (Lipinski definition) is 2. The number of benzene rings is 4. The average molecular weight is 491 g/mol. The van der Waals surface area contributed by atoms with Crippen LogP contribution in [0.4, 0.5) is 0 Å². The van der Waals surface area contributed by atoms with E-state index in [1.807, 2.05) is 86.6 Å². The molecule has 0 saturated carbocycles.